The van der Waals surface area contributed by atoms with E-state index in [2.05, 4.69) is 0 Å². The van der Waals surface area contributed by atoms with Crippen LogP contribution in [0.4, 0.5) is 0 Å². The highest BCUT2D eigenvalue weighted by atomic mass is 16.2. The summed E-state index contributed by atoms with van der Waals surface area (Å²) < 4.78 is 0. The molecule has 1 aliphatic carbocycles. The summed E-state index contributed by atoms with van der Waals surface area (Å²) in [5.74, 6) is 0.197. The van der Waals surface area contributed by atoms with Crippen LogP contribution in [-0.2, 0) is 4.79 Å². The molecule has 0 aromatic carbocycles. The monoisotopic (exact) mass is 196 g/mol. The summed E-state index contributed by atoms with van der Waals surface area (Å²) in [7, 11) is 0. The Morgan fingerprint density at radius 1 is 1.07 bits per heavy atom. The SMILES string of the molecule is N[C@H]1CCCN(C2CCCCC2)C1=O. The molecule has 0 radical (unpaired) electrons. The van der Waals surface area contributed by atoms with Gasteiger partial charge in [-0.05, 0) is 25.7 Å². The van der Waals surface area contributed by atoms with E-state index >= 15 is 0 Å². The van der Waals surface area contributed by atoms with Crippen molar-refractivity contribution in [2.75, 3.05) is 6.54 Å². The van der Waals surface area contributed by atoms with Crippen molar-refractivity contribution in [3.63, 3.8) is 0 Å². The zero-order valence-electron chi connectivity index (χ0n) is 8.74. The van der Waals surface area contributed by atoms with E-state index in [-0.39, 0.29) is 11.9 Å². The molecule has 1 amide bonds. The summed E-state index contributed by atoms with van der Waals surface area (Å²) in [5, 5.41) is 0. The van der Waals surface area contributed by atoms with Gasteiger partial charge in [0, 0.05) is 12.6 Å². The Bertz CT molecular complexity index is 211. The molecule has 1 saturated carbocycles. The average molecular weight is 196 g/mol. The van der Waals surface area contributed by atoms with Crippen LogP contribution in [0.2, 0.25) is 0 Å². The lowest BCUT2D eigenvalue weighted by Gasteiger charge is -2.38. The first-order valence-electron chi connectivity index (χ1n) is 5.85. The predicted octanol–water partition coefficient (Wildman–Crippen LogP) is 1.27. The molecule has 14 heavy (non-hydrogen) atoms. The minimum atomic E-state index is -0.217. The van der Waals surface area contributed by atoms with Crippen molar-refractivity contribution in [3.05, 3.63) is 0 Å². The van der Waals surface area contributed by atoms with Crippen molar-refractivity contribution >= 4 is 5.91 Å². The molecule has 80 valence electrons. The van der Waals surface area contributed by atoms with Crippen LogP contribution in [0.1, 0.15) is 44.9 Å². The van der Waals surface area contributed by atoms with Crippen LogP contribution in [-0.4, -0.2) is 29.4 Å². The van der Waals surface area contributed by atoms with Gasteiger partial charge in [0.05, 0.1) is 6.04 Å². The number of nitrogens with two attached hydrogens (primary N) is 1. The van der Waals surface area contributed by atoms with Gasteiger partial charge in [-0.1, -0.05) is 19.3 Å². The molecule has 0 bridgehead atoms. The lowest BCUT2D eigenvalue weighted by molar-refractivity contribution is -0.138. The number of rotatable bonds is 1. The number of carbonyl (C=O) groups is 1. The van der Waals surface area contributed by atoms with Crippen molar-refractivity contribution in [1.29, 1.82) is 0 Å². The molecule has 3 heteroatoms. The molecule has 2 rings (SSSR count). The van der Waals surface area contributed by atoms with Crippen molar-refractivity contribution in [1.82, 2.24) is 4.90 Å². The summed E-state index contributed by atoms with van der Waals surface area (Å²) in [5.41, 5.74) is 5.78. The summed E-state index contributed by atoms with van der Waals surface area (Å²) in [4.78, 5) is 13.9. The van der Waals surface area contributed by atoms with Gasteiger partial charge in [0.15, 0.2) is 0 Å². The Morgan fingerprint density at radius 3 is 2.50 bits per heavy atom. The third kappa shape index (κ3) is 1.92. The van der Waals surface area contributed by atoms with Crippen LogP contribution in [0.3, 0.4) is 0 Å². The van der Waals surface area contributed by atoms with Gasteiger partial charge < -0.3 is 10.6 Å². The second-order valence-corrected chi connectivity index (χ2v) is 4.57. The quantitative estimate of drug-likeness (QED) is 0.686. The van der Waals surface area contributed by atoms with Crippen molar-refractivity contribution in [3.8, 4) is 0 Å². The van der Waals surface area contributed by atoms with E-state index in [4.69, 9.17) is 5.73 Å². The van der Waals surface area contributed by atoms with Gasteiger partial charge >= 0.3 is 0 Å². The number of hydrogen-bond acceptors (Lipinski definition) is 2. The van der Waals surface area contributed by atoms with E-state index in [1.165, 1.54) is 32.1 Å². The molecule has 1 aliphatic heterocycles. The summed E-state index contributed by atoms with van der Waals surface area (Å²) >= 11 is 0. The molecule has 0 spiro atoms. The number of amides is 1. The van der Waals surface area contributed by atoms with E-state index in [9.17, 15) is 4.79 Å². The third-order valence-corrected chi connectivity index (χ3v) is 3.53. The molecule has 1 atom stereocenters. The van der Waals surface area contributed by atoms with Gasteiger partial charge in [0.25, 0.3) is 0 Å². The fourth-order valence-electron chi connectivity index (χ4n) is 2.68. The van der Waals surface area contributed by atoms with Crippen LogP contribution in [0.5, 0.6) is 0 Å². The summed E-state index contributed by atoms with van der Waals surface area (Å²) in [6.45, 7) is 0.942. The van der Waals surface area contributed by atoms with E-state index in [0.717, 1.165) is 19.4 Å². The average Bonchev–Trinajstić information content (AvgIpc) is 2.23. The van der Waals surface area contributed by atoms with Crippen molar-refractivity contribution in [2.45, 2.75) is 57.0 Å². The Labute approximate surface area is 85.6 Å². The smallest absolute Gasteiger partial charge is 0.239 e. The van der Waals surface area contributed by atoms with E-state index in [0.29, 0.717) is 6.04 Å². The number of carbonyl (C=O) groups excluding carboxylic acids is 1. The molecule has 1 saturated heterocycles. The van der Waals surface area contributed by atoms with Crippen LogP contribution < -0.4 is 5.73 Å². The Balaban J connectivity index is 1.97. The molecular weight excluding hydrogens is 176 g/mol. The second-order valence-electron chi connectivity index (χ2n) is 4.57. The van der Waals surface area contributed by atoms with Gasteiger partial charge in [-0.15, -0.1) is 0 Å². The Kier molecular flexibility index (Phi) is 3.06. The number of piperidine rings is 1. The first kappa shape index (κ1) is 9.97. The molecule has 2 N–H and O–H groups in total. The largest absolute Gasteiger partial charge is 0.338 e. The first-order chi connectivity index (χ1) is 6.79. The highest BCUT2D eigenvalue weighted by Gasteiger charge is 2.31. The zero-order valence-corrected chi connectivity index (χ0v) is 8.74. The molecule has 3 nitrogen and oxygen atoms in total. The molecular formula is C11H20N2O. The van der Waals surface area contributed by atoms with Crippen LogP contribution in [0, 0.1) is 0 Å². The molecule has 2 fully saturated rings. The van der Waals surface area contributed by atoms with Gasteiger partial charge in [0.2, 0.25) is 5.91 Å². The van der Waals surface area contributed by atoms with Crippen LogP contribution >= 0.6 is 0 Å². The highest BCUT2D eigenvalue weighted by molar-refractivity contribution is 5.82. The van der Waals surface area contributed by atoms with Crippen LogP contribution in [0.15, 0.2) is 0 Å². The zero-order chi connectivity index (χ0) is 9.97. The summed E-state index contributed by atoms with van der Waals surface area (Å²) in [6, 6.07) is 0.285. The van der Waals surface area contributed by atoms with Gasteiger partial charge in [-0.2, -0.15) is 0 Å². The number of nitrogens with zero attached hydrogens (tertiary/aromatic N) is 1. The maximum absolute atomic E-state index is 11.8. The molecule has 1 heterocycles. The minimum Gasteiger partial charge on any atom is -0.338 e. The standard InChI is InChI=1S/C11H20N2O/c12-10-7-4-8-13(11(10)14)9-5-2-1-3-6-9/h9-10H,1-8,12H2/t10-/m0/s1. The lowest BCUT2D eigenvalue weighted by atomic mass is 9.92. The van der Waals surface area contributed by atoms with Crippen molar-refractivity contribution in [2.24, 2.45) is 5.73 Å². The third-order valence-electron chi connectivity index (χ3n) is 3.53. The van der Waals surface area contributed by atoms with Crippen molar-refractivity contribution < 1.29 is 4.79 Å². The molecule has 2 aliphatic rings. The van der Waals surface area contributed by atoms with E-state index < -0.39 is 0 Å². The fraction of sp³-hybridized carbons (Fsp3) is 0.909. The molecule has 0 aromatic rings. The maximum atomic E-state index is 11.8. The highest BCUT2D eigenvalue weighted by Crippen LogP contribution is 2.25. The van der Waals surface area contributed by atoms with E-state index in [1.54, 1.807) is 0 Å². The molecule has 0 unspecified atom stereocenters. The minimum absolute atomic E-state index is 0.197. The Morgan fingerprint density at radius 2 is 1.79 bits per heavy atom. The summed E-state index contributed by atoms with van der Waals surface area (Å²) in [6.07, 6.45) is 8.25. The Hall–Kier alpha value is -0.570. The normalized spacial score (nSPS) is 30.8. The first-order valence-corrected chi connectivity index (χ1v) is 5.85. The molecule has 0 aromatic heterocycles. The topological polar surface area (TPSA) is 46.3 Å². The van der Waals surface area contributed by atoms with Gasteiger partial charge in [0.1, 0.15) is 0 Å². The van der Waals surface area contributed by atoms with Crippen LogP contribution in [0.25, 0.3) is 0 Å². The lowest BCUT2D eigenvalue weighted by Crippen LogP contribution is -2.52. The maximum Gasteiger partial charge on any atom is 0.239 e. The van der Waals surface area contributed by atoms with Gasteiger partial charge in [-0.3, -0.25) is 4.79 Å². The number of likely N-dealkylation sites (tertiary alicyclic amines) is 1. The van der Waals surface area contributed by atoms with E-state index in [1.807, 2.05) is 4.90 Å². The fourth-order valence-corrected chi connectivity index (χ4v) is 2.68. The second kappa shape index (κ2) is 4.30. The van der Waals surface area contributed by atoms with Gasteiger partial charge in [-0.25, -0.2) is 0 Å². The predicted molar refractivity (Wildman–Crippen MR) is 55.8 cm³/mol. The number of hydrogen-bond donors (Lipinski definition) is 1.